The van der Waals surface area contributed by atoms with Crippen LogP contribution in [-0.2, 0) is 6.54 Å². The van der Waals surface area contributed by atoms with Gasteiger partial charge in [-0.05, 0) is 38.8 Å². The molecule has 0 aliphatic carbocycles. The van der Waals surface area contributed by atoms with Crippen molar-refractivity contribution in [3.8, 4) is 0 Å². The minimum Gasteiger partial charge on any atom is -0.366 e. The number of aromatic nitrogens is 2. The van der Waals surface area contributed by atoms with Crippen LogP contribution in [0.5, 0.6) is 0 Å². The molecular formula is C18H24N4. The molecule has 116 valence electrons. The van der Waals surface area contributed by atoms with Crippen LogP contribution >= 0.6 is 0 Å². The van der Waals surface area contributed by atoms with Gasteiger partial charge in [-0.1, -0.05) is 29.8 Å². The highest BCUT2D eigenvalue weighted by molar-refractivity contribution is 5.36. The van der Waals surface area contributed by atoms with Crippen molar-refractivity contribution in [2.45, 2.75) is 39.3 Å². The molecule has 0 spiro atoms. The Morgan fingerprint density at radius 1 is 1.23 bits per heavy atom. The highest BCUT2D eigenvalue weighted by Gasteiger charge is 2.20. The van der Waals surface area contributed by atoms with Crippen molar-refractivity contribution in [3.05, 3.63) is 53.5 Å². The minimum absolute atomic E-state index is 0.466. The zero-order chi connectivity index (χ0) is 15.4. The maximum absolute atomic E-state index is 4.31. The molecule has 1 N–H and O–H groups in total. The van der Waals surface area contributed by atoms with Crippen LogP contribution in [0, 0.1) is 13.8 Å². The van der Waals surface area contributed by atoms with E-state index in [0.29, 0.717) is 6.04 Å². The first kappa shape index (κ1) is 15.0. The molecule has 2 heterocycles. The lowest BCUT2D eigenvalue weighted by molar-refractivity contribution is 0.208. The Morgan fingerprint density at radius 3 is 2.95 bits per heavy atom. The van der Waals surface area contributed by atoms with Gasteiger partial charge in [0.1, 0.15) is 12.1 Å². The van der Waals surface area contributed by atoms with Crippen molar-refractivity contribution in [2.75, 3.05) is 18.4 Å². The summed E-state index contributed by atoms with van der Waals surface area (Å²) in [6, 6.07) is 11.3. The van der Waals surface area contributed by atoms with Crippen LogP contribution in [0.15, 0.2) is 36.7 Å². The zero-order valence-corrected chi connectivity index (χ0v) is 13.4. The van der Waals surface area contributed by atoms with Crippen LogP contribution in [0.1, 0.15) is 29.7 Å². The van der Waals surface area contributed by atoms with Crippen LogP contribution in [-0.4, -0.2) is 34.0 Å². The summed E-state index contributed by atoms with van der Waals surface area (Å²) in [7, 11) is 0. The largest absolute Gasteiger partial charge is 0.366 e. The fourth-order valence-corrected chi connectivity index (χ4v) is 3.13. The Balaban J connectivity index is 1.59. The number of hydrogen-bond acceptors (Lipinski definition) is 4. The maximum atomic E-state index is 4.31. The Hall–Kier alpha value is -1.94. The van der Waals surface area contributed by atoms with Gasteiger partial charge in [-0.3, -0.25) is 4.90 Å². The third-order valence-corrected chi connectivity index (χ3v) is 4.15. The van der Waals surface area contributed by atoms with E-state index in [0.717, 1.165) is 24.6 Å². The van der Waals surface area contributed by atoms with E-state index < -0.39 is 0 Å². The molecule has 4 heteroatoms. The molecule has 1 aliphatic rings. The average molecular weight is 296 g/mol. The summed E-state index contributed by atoms with van der Waals surface area (Å²) in [5.41, 5.74) is 3.74. The van der Waals surface area contributed by atoms with E-state index in [1.165, 1.54) is 30.5 Å². The van der Waals surface area contributed by atoms with Crippen LogP contribution in [0.4, 0.5) is 5.82 Å². The molecule has 1 unspecified atom stereocenters. The third-order valence-electron chi connectivity index (χ3n) is 4.15. The van der Waals surface area contributed by atoms with Gasteiger partial charge < -0.3 is 5.32 Å². The summed E-state index contributed by atoms with van der Waals surface area (Å²) < 4.78 is 0. The van der Waals surface area contributed by atoms with E-state index in [-0.39, 0.29) is 0 Å². The monoisotopic (exact) mass is 296 g/mol. The molecule has 1 aromatic heterocycles. The number of aryl methyl sites for hydroxylation is 2. The van der Waals surface area contributed by atoms with E-state index >= 15 is 0 Å². The van der Waals surface area contributed by atoms with Gasteiger partial charge >= 0.3 is 0 Å². The van der Waals surface area contributed by atoms with E-state index in [4.69, 9.17) is 0 Å². The van der Waals surface area contributed by atoms with Crippen LogP contribution in [0.2, 0.25) is 0 Å². The van der Waals surface area contributed by atoms with Gasteiger partial charge in [-0.25, -0.2) is 9.97 Å². The second-order valence-electron chi connectivity index (χ2n) is 6.25. The Kier molecular flexibility index (Phi) is 4.68. The van der Waals surface area contributed by atoms with Crippen molar-refractivity contribution in [1.29, 1.82) is 0 Å². The van der Waals surface area contributed by atoms with Crippen LogP contribution in [0.25, 0.3) is 0 Å². The number of hydrogen-bond donors (Lipinski definition) is 1. The lowest BCUT2D eigenvalue weighted by atomic mass is 10.0. The molecule has 1 fully saturated rings. The predicted octanol–water partition coefficient (Wildman–Crippen LogP) is 3.17. The number of benzene rings is 1. The SMILES string of the molecule is Cc1cccc(CN2CCCC(Nc3cc(C)ncn3)C2)c1. The number of likely N-dealkylation sites (tertiary alicyclic amines) is 1. The summed E-state index contributed by atoms with van der Waals surface area (Å²) in [6.07, 6.45) is 4.06. The lowest BCUT2D eigenvalue weighted by Crippen LogP contribution is -2.41. The topological polar surface area (TPSA) is 41.0 Å². The number of nitrogens with zero attached hydrogens (tertiary/aromatic N) is 3. The Morgan fingerprint density at radius 2 is 2.14 bits per heavy atom. The van der Waals surface area contributed by atoms with Gasteiger partial charge in [0.15, 0.2) is 0 Å². The van der Waals surface area contributed by atoms with E-state index in [9.17, 15) is 0 Å². The summed E-state index contributed by atoms with van der Waals surface area (Å²) in [5.74, 6) is 0.940. The van der Waals surface area contributed by atoms with Crippen molar-refractivity contribution in [3.63, 3.8) is 0 Å². The van der Waals surface area contributed by atoms with Crippen LogP contribution in [0.3, 0.4) is 0 Å². The van der Waals surface area contributed by atoms with Gasteiger partial charge in [0.05, 0.1) is 0 Å². The maximum Gasteiger partial charge on any atom is 0.129 e. The fourth-order valence-electron chi connectivity index (χ4n) is 3.13. The molecule has 1 atom stereocenters. The highest BCUT2D eigenvalue weighted by Crippen LogP contribution is 2.17. The molecule has 4 nitrogen and oxygen atoms in total. The molecule has 0 amide bonds. The van der Waals surface area contributed by atoms with E-state index in [2.05, 4.69) is 51.4 Å². The van der Waals surface area contributed by atoms with Gasteiger partial charge in [0, 0.05) is 30.9 Å². The second kappa shape index (κ2) is 6.88. The molecule has 1 saturated heterocycles. The molecule has 22 heavy (non-hydrogen) atoms. The number of nitrogens with one attached hydrogen (secondary N) is 1. The predicted molar refractivity (Wildman–Crippen MR) is 89.9 cm³/mol. The lowest BCUT2D eigenvalue weighted by Gasteiger charge is -2.33. The standard InChI is InChI=1S/C18H24N4/c1-14-5-3-6-16(9-14)11-22-8-4-7-17(12-22)21-18-10-15(2)19-13-20-18/h3,5-6,9-10,13,17H,4,7-8,11-12H2,1-2H3,(H,19,20,21). The van der Waals surface area contributed by atoms with Gasteiger partial charge in [-0.2, -0.15) is 0 Å². The molecule has 3 rings (SSSR count). The quantitative estimate of drug-likeness (QED) is 0.941. The fraction of sp³-hybridized carbons (Fsp3) is 0.444. The molecule has 0 bridgehead atoms. The number of piperidine rings is 1. The first-order valence-corrected chi connectivity index (χ1v) is 8.02. The van der Waals surface area contributed by atoms with Crippen LogP contribution < -0.4 is 5.32 Å². The van der Waals surface area contributed by atoms with Crippen molar-refractivity contribution < 1.29 is 0 Å². The highest BCUT2D eigenvalue weighted by atomic mass is 15.2. The van der Waals surface area contributed by atoms with Crippen molar-refractivity contribution in [1.82, 2.24) is 14.9 Å². The number of anilines is 1. The molecule has 1 aromatic carbocycles. The molecule has 0 saturated carbocycles. The summed E-state index contributed by atoms with van der Waals surface area (Å²) in [5, 5.41) is 3.56. The Bertz CT molecular complexity index is 572. The second-order valence-corrected chi connectivity index (χ2v) is 6.25. The van der Waals surface area contributed by atoms with Gasteiger partial charge in [0.25, 0.3) is 0 Å². The smallest absolute Gasteiger partial charge is 0.129 e. The molecular weight excluding hydrogens is 272 g/mol. The molecule has 2 aromatic rings. The summed E-state index contributed by atoms with van der Waals surface area (Å²) in [6.45, 7) is 7.42. The van der Waals surface area contributed by atoms with E-state index in [1.807, 2.05) is 13.0 Å². The van der Waals surface area contributed by atoms with Gasteiger partial charge in [0.2, 0.25) is 0 Å². The van der Waals surface area contributed by atoms with E-state index in [1.54, 1.807) is 6.33 Å². The normalized spacial score (nSPS) is 19.1. The molecule has 0 radical (unpaired) electrons. The minimum atomic E-state index is 0.466. The van der Waals surface area contributed by atoms with Crippen molar-refractivity contribution >= 4 is 5.82 Å². The first-order chi connectivity index (χ1) is 10.7. The summed E-state index contributed by atoms with van der Waals surface area (Å²) in [4.78, 5) is 11.0. The first-order valence-electron chi connectivity index (χ1n) is 8.02. The number of rotatable bonds is 4. The summed E-state index contributed by atoms with van der Waals surface area (Å²) >= 11 is 0. The van der Waals surface area contributed by atoms with Gasteiger partial charge in [-0.15, -0.1) is 0 Å². The third kappa shape index (κ3) is 4.04. The Labute approximate surface area is 132 Å². The zero-order valence-electron chi connectivity index (χ0n) is 13.4. The average Bonchev–Trinajstić information content (AvgIpc) is 2.47. The molecule has 1 aliphatic heterocycles. The van der Waals surface area contributed by atoms with Crippen molar-refractivity contribution in [2.24, 2.45) is 0 Å².